The van der Waals surface area contributed by atoms with Crippen LogP contribution in [0.15, 0.2) is 73.2 Å². The first-order chi connectivity index (χ1) is 9.92. The highest BCUT2D eigenvalue weighted by Crippen LogP contribution is 2.20. The Kier molecular flexibility index (Phi) is 2.39. The lowest BCUT2D eigenvalue weighted by Crippen LogP contribution is -2.01. The lowest BCUT2D eigenvalue weighted by molar-refractivity contribution is 0.830. The van der Waals surface area contributed by atoms with Crippen molar-refractivity contribution in [2.24, 2.45) is 0 Å². The van der Waals surface area contributed by atoms with Crippen LogP contribution in [0.3, 0.4) is 0 Å². The molecule has 96 valence electrons. The lowest BCUT2D eigenvalue weighted by Gasteiger charge is -2.04. The maximum atomic E-state index is 4.68. The Morgan fingerprint density at radius 2 is 1.75 bits per heavy atom. The molecule has 0 amide bonds. The molecule has 0 saturated carbocycles. The number of rotatable bonds is 2. The maximum absolute atomic E-state index is 4.68. The van der Waals surface area contributed by atoms with E-state index in [0.29, 0.717) is 0 Å². The summed E-state index contributed by atoms with van der Waals surface area (Å²) in [6, 6.07) is 18.1. The number of fused-ring (bicyclic) bond motifs is 1. The van der Waals surface area contributed by atoms with Crippen molar-refractivity contribution in [3.05, 3.63) is 73.2 Å². The number of imidazole rings is 1. The fourth-order valence-electron chi connectivity index (χ4n) is 2.34. The molecule has 4 aromatic rings. The second kappa shape index (κ2) is 4.35. The Bertz CT molecular complexity index is 845. The van der Waals surface area contributed by atoms with Crippen LogP contribution in [0.25, 0.3) is 22.7 Å². The van der Waals surface area contributed by atoms with Crippen molar-refractivity contribution in [3.8, 4) is 17.1 Å². The van der Waals surface area contributed by atoms with Crippen LogP contribution < -0.4 is 0 Å². The van der Waals surface area contributed by atoms with E-state index < -0.39 is 0 Å². The standard InChI is InChI=1S/C16H12N4/c1-2-6-13(7-3-1)14-12-19-15(18-14)8-4-9-16(19)20-11-5-10-17-20/h1-12H. The van der Waals surface area contributed by atoms with Gasteiger partial charge in [-0.3, -0.25) is 4.40 Å². The van der Waals surface area contributed by atoms with Gasteiger partial charge in [0.05, 0.1) is 5.69 Å². The molecule has 0 bridgehead atoms. The van der Waals surface area contributed by atoms with E-state index in [9.17, 15) is 0 Å². The number of hydrogen-bond acceptors (Lipinski definition) is 2. The van der Waals surface area contributed by atoms with Crippen LogP contribution in [0.1, 0.15) is 0 Å². The van der Waals surface area contributed by atoms with E-state index in [1.54, 1.807) is 6.20 Å². The highest BCUT2D eigenvalue weighted by molar-refractivity contribution is 5.63. The van der Waals surface area contributed by atoms with E-state index in [1.165, 1.54) is 0 Å². The van der Waals surface area contributed by atoms with Crippen molar-refractivity contribution in [1.82, 2.24) is 19.2 Å². The van der Waals surface area contributed by atoms with Gasteiger partial charge in [-0.2, -0.15) is 5.10 Å². The molecule has 0 aliphatic heterocycles. The smallest absolute Gasteiger partial charge is 0.139 e. The zero-order valence-electron chi connectivity index (χ0n) is 10.7. The molecular formula is C16H12N4. The average Bonchev–Trinajstić information content (AvgIpc) is 3.17. The van der Waals surface area contributed by atoms with Crippen LogP contribution in [-0.4, -0.2) is 19.2 Å². The lowest BCUT2D eigenvalue weighted by atomic mass is 10.2. The van der Waals surface area contributed by atoms with Gasteiger partial charge in [-0.25, -0.2) is 9.67 Å². The van der Waals surface area contributed by atoms with E-state index in [4.69, 9.17) is 0 Å². The molecule has 4 nitrogen and oxygen atoms in total. The molecular weight excluding hydrogens is 248 g/mol. The predicted octanol–water partition coefficient (Wildman–Crippen LogP) is 3.19. The van der Waals surface area contributed by atoms with Crippen molar-refractivity contribution >= 4 is 5.65 Å². The molecule has 0 N–H and O–H groups in total. The number of nitrogens with zero attached hydrogens (tertiary/aromatic N) is 4. The SMILES string of the molecule is c1ccc(-c2cn3c(-n4cccn4)cccc3n2)cc1. The summed E-state index contributed by atoms with van der Waals surface area (Å²) in [5.74, 6) is 0.974. The van der Waals surface area contributed by atoms with E-state index >= 15 is 0 Å². The monoisotopic (exact) mass is 260 g/mol. The van der Waals surface area contributed by atoms with Gasteiger partial charge in [-0.15, -0.1) is 0 Å². The van der Waals surface area contributed by atoms with Crippen molar-refractivity contribution in [2.45, 2.75) is 0 Å². The third-order valence-corrected chi connectivity index (χ3v) is 3.28. The summed E-state index contributed by atoms with van der Waals surface area (Å²) in [6.45, 7) is 0. The molecule has 0 saturated heterocycles. The predicted molar refractivity (Wildman–Crippen MR) is 77.8 cm³/mol. The van der Waals surface area contributed by atoms with E-state index in [0.717, 1.165) is 22.7 Å². The fraction of sp³-hybridized carbons (Fsp3) is 0. The summed E-state index contributed by atoms with van der Waals surface area (Å²) in [6.07, 6.45) is 5.74. The molecule has 4 heteroatoms. The third kappa shape index (κ3) is 1.70. The second-order valence-corrected chi connectivity index (χ2v) is 4.55. The molecule has 0 aliphatic carbocycles. The minimum atomic E-state index is 0.914. The number of aromatic nitrogens is 4. The first-order valence-electron chi connectivity index (χ1n) is 6.45. The van der Waals surface area contributed by atoms with Crippen molar-refractivity contribution in [3.63, 3.8) is 0 Å². The van der Waals surface area contributed by atoms with Gasteiger partial charge in [-0.05, 0) is 18.2 Å². The second-order valence-electron chi connectivity index (χ2n) is 4.55. The van der Waals surface area contributed by atoms with Gasteiger partial charge >= 0.3 is 0 Å². The van der Waals surface area contributed by atoms with Gasteiger partial charge in [0.15, 0.2) is 0 Å². The van der Waals surface area contributed by atoms with E-state index in [-0.39, 0.29) is 0 Å². The van der Waals surface area contributed by atoms with Gasteiger partial charge in [-0.1, -0.05) is 36.4 Å². The Hall–Kier alpha value is -2.88. The summed E-state index contributed by atoms with van der Waals surface area (Å²) in [7, 11) is 0. The van der Waals surface area contributed by atoms with Crippen LogP contribution in [0.2, 0.25) is 0 Å². The Morgan fingerprint density at radius 3 is 2.55 bits per heavy atom. The van der Waals surface area contributed by atoms with Gasteiger partial charge < -0.3 is 0 Å². The largest absolute Gasteiger partial charge is 0.284 e. The van der Waals surface area contributed by atoms with Crippen LogP contribution >= 0.6 is 0 Å². The minimum Gasteiger partial charge on any atom is -0.284 e. The van der Waals surface area contributed by atoms with Crippen LogP contribution in [0.4, 0.5) is 0 Å². The first kappa shape index (κ1) is 11.0. The summed E-state index contributed by atoms with van der Waals surface area (Å²) in [5, 5.41) is 4.29. The average molecular weight is 260 g/mol. The van der Waals surface area contributed by atoms with Crippen LogP contribution in [-0.2, 0) is 0 Å². The normalized spacial score (nSPS) is 11.0. The molecule has 0 fully saturated rings. The van der Waals surface area contributed by atoms with Gasteiger partial charge in [0, 0.05) is 24.2 Å². The van der Waals surface area contributed by atoms with E-state index in [1.807, 2.05) is 59.5 Å². The minimum absolute atomic E-state index is 0.914. The van der Waals surface area contributed by atoms with Crippen LogP contribution in [0, 0.1) is 0 Å². The molecule has 3 aromatic heterocycles. The topological polar surface area (TPSA) is 35.1 Å². The third-order valence-electron chi connectivity index (χ3n) is 3.28. The fourth-order valence-corrected chi connectivity index (χ4v) is 2.34. The number of pyridine rings is 1. The van der Waals surface area contributed by atoms with E-state index in [2.05, 4.69) is 26.6 Å². The van der Waals surface area contributed by atoms with Gasteiger partial charge in [0.1, 0.15) is 11.5 Å². The molecule has 0 atom stereocenters. The molecule has 3 heterocycles. The quantitative estimate of drug-likeness (QED) is 0.555. The summed E-state index contributed by atoms with van der Waals surface area (Å²) in [4.78, 5) is 4.68. The van der Waals surface area contributed by atoms with Crippen LogP contribution in [0.5, 0.6) is 0 Å². The molecule has 0 aliphatic rings. The van der Waals surface area contributed by atoms with Crippen molar-refractivity contribution < 1.29 is 0 Å². The maximum Gasteiger partial charge on any atom is 0.139 e. The van der Waals surface area contributed by atoms with Crippen molar-refractivity contribution in [2.75, 3.05) is 0 Å². The molecule has 0 radical (unpaired) electrons. The Balaban J connectivity index is 1.94. The molecule has 0 spiro atoms. The zero-order chi connectivity index (χ0) is 13.4. The number of hydrogen-bond donors (Lipinski definition) is 0. The Labute approximate surface area is 115 Å². The summed E-state index contributed by atoms with van der Waals surface area (Å²) in [5.41, 5.74) is 2.99. The Morgan fingerprint density at radius 1 is 0.850 bits per heavy atom. The number of benzene rings is 1. The highest BCUT2D eigenvalue weighted by atomic mass is 15.3. The molecule has 0 unspecified atom stereocenters. The first-order valence-corrected chi connectivity index (χ1v) is 6.45. The molecule has 20 heavy (non-hydrogen) atoms. The molecule has 4 rings (SSSR count). The van der Waals surface area contributed by atoms with Gasteiger partial charge in [0.2, 0.25) is 0 Å². The van der Waals surface area contributed by atoms with Gasteiger partial charge in [0.25, 0.3) is 0 Å². The molecule has 1 aromatic carbocycles. The highest BCUT2D eigenvalue weighted by Gasteiger charge is 2.07. The zero-order valence-corrected chi connectivity index (χ0v) is 10.7. The summed E-state index contributed by atoms with van der Waals surface area (Å²) >= 11 is 0. The summed E-state index contributed by atoms with van der Waals surface area (Å²) < 4.78 is 3.89. The van der Waals surface area contributed by atoms with Crippen molar-refractivity contribution in [1.29, 1.82) is 0 Å².